The highest BCUT2D eigenvalue weighted by Gasteiger charge is 2.52. The van der Waals surface area contributed by atoms with Crippen molar-refractivity contribution in [2.45, 2.75) is 45.4 Å². The van der Waals surface area contributed by atoms with Crippen molar-refractivity contribution in [2.24, 2.45) is 29.6 Å². The fourth-order valence-electron chi connectivity index (χ4n) is 4.81. The lowest BCUT2D eigenvalue weighted by molar-refractivity contribution is 0.212. The second kappa shape index (κ2) is 3.54. The zero-order valence-electron chi connectivity index (χ0n) is 9.65. The topological polar surface area (TPSA) is 20.2 Å². The van der Waals surface area contributed by atoms with Crippen LogP contribution >= 0.6 is 0 Å². The summed E-state index contributed by atoms with van der Waals surface area (Å²) in [6.07, 6.45) is 10.6. The molecular formula is C14H22O. The summed E-state index contributed by atoms with van der Waals surface area (Å²) in [5.74, 6) is 5.65. The van der Waals surface area contributed by atoms with Gasteiger partial charge in [0, 0.05) is 0 Å². The molecule has 1 heteroatoms. The van der Waals surface area contributed by atoms with Gasteiger partial charge in [0.1, 0.15) is 0 Å². The Morgan fingerprint density at radius 1 is 1.20 bits per heavy atom. The molecule has 0 aromatic carbocycles. The fourth-order valence-corrected chi connectivity index (χ4v) is 4.81. The Morgan fingerprint density at radius 2 is 2.00 bits per heavy atom. The maximum absolute atomic E-state index is 9.25. The van der Waals surface area contributed by atoms with E-state index in [1.165, 1.54) is 32.1 Å². The molecule has 0 spiro atoms. The molecule has 0 radical (unpaired) electrons. The molecule has 1 nitrogen and oxygen atoms in total. The van der Waals surface area contributed by atoms with Crippen molar-refractivity contribution in [3.05, 3.63) is 11.8 Å². The lowest BCUT2D eigenvalue weighted by Gasteiger charge is -2.28. The molecule has 0 aliphatic heterocycles. The van der Waals surface area contributed by atoms with Gasteiger partial charge in [-0.15, -0.1) is 0 Å². The highest BCUT2D eigenvalue weighted by Crippen LogP contribution is 2.61. The van der Waals surface area contributed by atoms with E-state index in [-0.39, 0.29) is 0 Å². The van der Waals surface area contributed by atoms with Crippen LogP contribution in [-0.4, -0.2) is 5.11 Å². The van der Waals surface area contributed by atoms with Gasteiger partial charge in [-0.3, -0.25) is 0 Å². The molecule has 3 saturated carbocycles. The molecule has 5 atom stereocenters. The van der Waals surface area contributed by atoms with E-state index in [4.69, 9.17) is 0 Å². The predicted molar refractivity (Wildman–Crippen MR) is 61.5 cm³/mol. The van der Waals surface area contributed by atoms with Crippen LogP contribution in [0.3, 0.4) is 0 Å². The van der Waals surface area contributed by atoms with E-state index in [0.29, 0.717) is 5.76 Å². The molecule has 1 N–H and O–H groups in total. The van der Waals surface area contributed by atoms with Crippen molar-refractivity contribution in [3.8, 4) is 0 Å². The molecule has 0 saturated heterocycles. The van der Waals surface area contributed by atoms with Gasteiger partial charge in [-0.2, -0.15) is 0 Å². The summed E-state index contributed by atoms with van der Waals surface area (Å²) in [6, 6.07) is 0. The van der Waals surface area contributed by atoms with Crippen LogP contribution in [0.15, 0.2) is 11.8 Å². The van der Waals surface area contributed by atoms with Crippen LogP contribution in [0.2, 0.25) is 0 Å². The van der Waals surface area contributed by atoms with Crippen LogP contribution in [0.5, 0.6) is 0 Å². The Labute approximate surface area is 92.6 Å². The smallest absolute Gasteiger partial charge is 0.0852 e. The van der Waals surface area contributed by atoms with Crippen molar-refractivity contribution in [1.29, 1.82) is 0 Å². The minimum Gasteiger partial charge on any atom is -0.513 e. The lowest BCUT2D eigenvalue weighted by Crippen LogP contribution is -2.21. The molecule has 0 amide bonds. The zero-order valence-corrected chi connectivity index (χ0v) is 9.65. The van der Waals surface area contributed by atoms with Gasteiger partial charge in [0.2, 0.25) is 0 Å². The first-order valence-corrected chi connectivity index (χ1v) is 6.61. The number of rotatable bonds is 2. The summed E-state index contributed by atoms with van der Waals surface area (Å²) < 4.78 is 0. The Morgan fingerprint density at radius 3 is 2.80 bits per heavy atom. The number of hydrogen-bond donors (Lipinski definition) is 1. The van der Waals surface area contributed by atoms with E-state index >= 15 is 0 Å². The van der Waals surface area contributed by atoms with E-state index in [1.807, 2.05) is 6.08 Å². The summed E-state index contributed by atoms with van der Waals surface area (Å²) in [4.78, 5) is 0. The highest BCUT2D eigenvalue weighted by atomic mass is 16.3. The average molecular weight is 206 g/mol. The molecular weight excluding hydrogens is 184 g/mol. The molecule has 2 bridgehead atoms. The fraction of sp³-hybridized carbons (Fsp3) is 0.857. The molecule has 3 fully saturated rings. The Hall–Kier alpha value is -0.460. The number of aliphatic hydroxyl groups is 1. The molecule has 3 aliphatic rings. The minimum atomic E-state index is 0.515. The molecule has 3 aliphatic carbocycles. The van der Waals surface area contributed by atoms with Crippen LogP contribution in [0, 0.1) is 29.6 Å². The number of fused-ring (bicyclic) bond motifs is 5. The second-order valence-corrected chi connectivity index (χ2v) is 5.99. The van der Waals surface area contributed by atoms with E-state index in [9.17, 15) is 5.11 Å². The molecule has 5 unspecified atom stereocenters. The lowest BCUT2D eigenvalue weighted by atomic mass is 9.77. The third-order valence-electron chi connectivity index (χ3n) is 5.29. The van der Waals surface area contributed by atoms with Crippen molar-refractivity contribution in [3.63, 3.8) is 0 Å². The van der Waals surface area contributed by atoms with Crippen molar-refractivity contribution >= 4 is 0 Å². The number of allylic oxidation sites excluding steroid dienone is 2. The Balaban J connectivity index is 1.70. The standard InChI is InChI=1S/C14H22O/c1-9(15)2-3-10-6-7-13-11-4-5-12(8-11)14(10)13/h2,10-15H,3-8H2,1H3/b9-2+. The average Bonchev–Trinajstić information content (AvgIpc) is 2.87. The largest absolute Gasteiger partial charge is 0.513 e. The van der Waals surface area contributed by atoms with E-state index < -0.39 is 0 Å². The van der Waals surface area contributed by atoms with E-state index in [2.05, 4.69) is 0 Å². The Bertz CT molecular complexity index is 277. The molecule has 84 valence electrons. The maximum atomic E-state index is 9.25. The SMILES string of the molecule is C/C(O)=C\CC1CCC2C3CCC(C3)C12. The number of aliphatic hydroxyl groups excluding tert-OH is 1. The van der Waals surface area contributed by atoms with Gasteiger partial charge in [-0.05, 0) is 81.1 Å². The normalized spacial score (nSPS) is 48.6. The minimum absolute atomic E-state index is 0.515. The molecule has 15 heavy (non-hydrogen) atoms. The van der Waals surface area contributed by atoms with Gasteiger partial charge in [-0.25, -0.2) is 0 Å². The molecule has 0 aromatic heterocycles. The van der Waals surface area contributed by atoms with Crippen LogP contribution < -0.4 is 0 Å². The van der Waals surface area contributed by atoms with Crippen molar-refractivity contribution in [2.75, 3.05) is 0 Å². The monoisotopic (exact) mass is 206 g/mol. The van der Waals surface area contributed by atoms with Crippen LogP contribution in [-0.2, 0) is 0 Å². The Kier molecular flexibility index (Phi) is 2.30. The summed E-state index contributed by atoms with van der Waals surface area (Å²) in [5, 5.41) is 9.25. The van der Waals surface area contributed by atoms with Gasteiger partial charge in [-0.1, -0.05) is 0 Å². The molecule has 0 heterocycles. The predicted octanol–water partition coefficient (Wildman–Crippen LogP) is 3.91. The van der Waals surface area contributed by atoms with E-state index in [0.717, 1.165) is 36.0 Å². The summed E-state index contributed by atoms with van der Waals surface area (Å²) in [6.45, 7) is 1.80. The summed E-state index contributed by atoms with van der Waals surface area (Å²) in [5.41, 5.74) is 0. The third kappa shape index (κ3) is 1.51. The maximum Gasteiger partial charge on any atom is 0.0852 e. The van der Waals surface area contributed by atoms with Gasteiger partial charge in [0.05, 0.1) is 5.76 Å². The zero-order chi connectivity index (χ0) is 10.4. The van der Waals surface area contributed by atoms with Crippen LogP contribution in [0.4, 0.5) is 0 Å². The van der Waals surface area contributed by atoms with Gasteiger partial charge in [0.25, 0.3) is 0 Å². The van der Waals surface area contributed by atoms with Crippen molar-refractivity contribution < 1.29 is 5.11 Å². The van der Waals surface area contributed by atoms with Gasteiger partial charge < -0.3 is 5.11 Å². The van der Waals surface area contributed by atoms with Crippen LogP contribution in [0.1, 0.15) is 45.4 Å². The second-order valence-electron chi connectivity index (χ2n) is 5.99. The molecule has 0 aromatic rings. The number of hydrogen-bond acceptors (Lipinski definition) is 1. The van der Waals surface area contributed by atoms with E-state index in [1.54, 1.807) is 6.92 Å². The third-order valence-corrected chi connectivity index (χ3v) is 5.29. The summed E-state index contributed by atoms with van der Waals surface area (Å²) >= 11 is 0. The summed E-state index contributed by atoms with van der Waals surface area (Å²) in [7, 11) is 0. The molecule has 3 rings (SSSR count). The van der Waals surface area contributed by atoms with Crippen LogP contribution in [0.25, 0.3) is 0 Å². The van der Waals surface area contributed by atoms with Gasteiger partial charge >= 0.3 is 0 Å². The first kappa shape index (κ1) is 9.74. The first-order chi connectivity index (χ1) is 7.25. The van der Waals surface area contributed by atoms with Gasteiger partial charge in [0.15, 0.2) is 0 Å². The first-order valence-electron chi connectivity index (χ1n) is 6.61. The highest BCUT2D eigenvalue weighted by molar-refractivity contribution is 5.04. The quantitative estimate of drug-likeness (QED) is 0.679. The van der Waals surface area contributed by atoms with Crippen molar-refractivity contribution in [1.82, 2.24) is 0 Å².